The summed E-state index contributed by atoms with van der Waals surface area (Å²) in [6, 6.07) is -0.213. The van der Waals surface area contributed by atoms with Crippen LogP contribution in [0.15, 0.2) is 0 Å². The van der Waals surface area contributed by atoms with Crippen molar-refractivity contribution in [2.75, 3.05) is 6.54 Å². The van der Waals surface area contributed by atoms with Crippen molar-refractivity contribution in [2.45, 2.75) is 38.8 Å². The Morgan fingerprint density at radius 1 is 1.64 bits per heavy atom. The summed E-state index contributed by atoms with van der Waals surface area (Å²) >= 11 is 0. The van der Waals surface area contributed by atoms with Crippen LogP contribution >= 0.6 is 0 Å². The number of hydrogen-bond donors (Lipinski definition) is 2. The first kappa shape index (κ1) is 12.8. The number of alkyl carbamates (subject to hydrolysis) is 1. The Hall–Kier alpha value is -1.21. The van der Waals surface area contributed by atoms with Gasteiger partial charge in [0.25, 0.3) is 0 Å². The molecule has 4 heteroatoms. The molecular formula is C10H18N2O2. The minimum atomic E-state index is -0.501. The van der Waals surface area contributed by atoms with Gasteiger partial charge in [-0.25, -0.2) is 4.79 Å². The highest BCUT2D eigenvalue weighted by molar-refractivity contribution is 5.68. The molecule has 0 aliphatic carbocycles. The smallest absolute Gasteiger partial charge is 0.407 e. The average Bonchev–Trinajstić information content (AvgIpc) is 2.00. The number of nitrogens with two attached hydrogens (primary N) is 1. The van der Waals surface area contributed by atoms with Gasteiger partial charge >= 0.3 is 6.09 Å². The van der Waals surface area contributed by atoms with Gasteiger partial charge in [0.15, 0.2) is 0 Å². The SMILES string of the molecule is C#CC[C@@H](CN)NC(=O)OC(C)(C)C. The standard InChI is InChI=1S/C10H18N2O2/c1-5-6-8(7-11)12-9(13)14-10(2,3)4/h1,8H,6-7,11H2,2-4H3,(H,12,13)/t8-/m0/s1. The third-order valence-corrected chi connectivity index (χ3v) is 1.37. The van der Waals surface area contributed by atoms with E-state index in [1.807, 2.05) is 0 Å². The van der Waals surface area contributed by atoms with E-state index in [-0.39, 0.29) is 6.04 Å². The first-order valence-corrected chi connectivity index (χ1v) is 4.52. The maximum Gasteiger partial charge on any atom is 0.407 e. The maximum absolute atomic E-state index is 11.2. The Morgan fingerprint density at radius 2 is 2.21 bits per heavy atom. The maximum atomic E-state index is 11.2. The molecule has 0 unspecified atom stereocenters. The van der Waals surface area contributed by atoms with Crippen molar-refractivity contribution in [2.24, 2.45) is 5.73 Å². The van der Waals surface area contributed by atoms with Gasteiger partial charge in [0.2, 0.25) is 0 Å². The van der Waals surface area contributed by atoms with Crippen LogP contribution in [-0.2, 0) is 4.74 Å². The highest BCUT2D eigenvalue weighted by atomic mass is 16.6. The number of amides is 1. The lowest BCUT2D eigenvalue weighted by Gasteiger charge is -2.22. The number of ether oxygens (including phenoxy) is 1. The van der Waals surface area contributed by atoms with Crippen LogP contribution in [0.2, 0.25) is 0 Å². The van der Waals surface area contributed by atoms with Gasteiger partial charge in [-0.2, -0.15) is 0 Å². The first-order chi connectivity index (χ1) is 6.39. The normalized spacial score (nSPS) is 12.8. The second kappa shape index (κ2) is 5.51. The molecule has 0 aliphatic rings. The fourth-order valence-corrected chi connectivity index (χ4v) is 0.810. The van der Waals surface area contributed by atoms with Crippen molar-refractivity contribution in [3.8, 4) is 12.3 Å². The van der Waals surface area contributed by atoms with Crippen LogP contribution in [0.25, 0.3) is 0 Å². The highest BCUT2D eigenvalue weighted by Crippen LogP contribution is 2.06. The van der Waals surface area contributed by atoms with Gasteiger partial charge < -0.3 is 15.8 Å². The minimum Gasteiger partial charge on any atom is -0.444 e. The quantitative estimate of drug-likeness (QED) is 0.661. The molecule has 0 saturated carbocycles. The summed E-state index contributed by atoms with van der Waals surface area (Å²) in [7, 11) is 0. The lowest BCUT2D eigenvalue weighted by Crippen LogP contribution is -2.42. The van der Waals surface area contributed by atoms with E-state index in [2.05, 4.69) is 11.2 Å². The van der Waals surface area contributed by atoms with Crippen molar-refractivity contribution in [1.29, 1.82) is 0 Å². The zero-order valence-corrected chi connectivity index (χ0v) is 8.96. The van der Waals surface area contributed by atoms with Crippen LogP contribution in [-0.4, -0.2) is 24.3 Å². The van der Waals surface area contributed by atoms with Crippen molar-refractivity contribution >= 4 is 6.09 Å². The molecule has 0 heterocycles. The van der Waals surface area contributed by atoms with E-state index in [4.69, 9.17) is 16.9 Å². The molecule has 0 fully saturated rings. The zero-order valence-electron chi connectivity index (χ0n) is 8.96. The van der Waals surface area contributed by atoms with Crippen LogP contribution in [0, 0.1) is 12.3 Å². The summed E-state index contributed by atoms with van der Waals surface area (Å²) in [6.07, 6.45) is 5.04. The van der Waals surface area contributed by atoms with Gasteiger partial charge in [-0.05, 0) is 20.8 Å². The molecule has 4 nitrogen and oxygen atoms in total. The Balaban J connectivity index is 3.98. The minimum absolute atomic E-state index is 0.213. The highest BCUT2D eigenvalue weighted by Gasteiger charge is 2.18. The van der Waals surface area contributed by atoms with Crippen LogP contribution in [0.3, 0.4) is 0 Å². The van der Waals surface area contributed by atoms with Gasteiger partial charge in [0.05, 0.1) is 6.04 Å². The molecule has 0 aliphatic heterocycles. The second-order valence-corrected chi connectivity index (χ2v) is 3.99. The lowest BCUT2D eigenvalue weighted by molar-refractivity contribution is 0.0507. The van der Waals surface area contributed by atoms with E-state index in [0.29, 0.717) is 13.0 Å². The second-order valence-electron chi connectivity index (χ2n) is 3.99. The molecule has 3 N–H and O–H groups in total. The molecule has 80 valence electrons. The Kier molecular flexibility index (Phi) is 5.03. The molecule has 0 bridgehead atoms. The van der Waals surface area contributed by atoms with E-state index in [0.717, 1.165) is 0 Å². The van der Waals surface area contributed by atoms with Crippen molar-refractivity contribution < 1.29 is 9.53 Å². The van der Waals surface area contributed by atoms with E-state index < -0.39 is 11.7 Å². The van der Waals surface area contributed by atoms with Gasteiger partial charge in [-0.15, -0.1) is 12.3 Å². The fourth-order valence-electron chi connectivity index (χ4n) is 0.810. The monoisotopic (exact) mass is 198 g/mol. The van der Waals surface area contributed by atoms with E-state index in [1.165, 1.54) is 0 Å². The molecule has 0 spiro atoms. The Bertz CT molecular complexity index is 225. The summed E-state index contributed by atoms with van der Waals surface area (Å²) in [5.74, 6) is 2.44. The number of nitrogens with one attached hydrogen (secondary N) is 1. The Labute approximate surface area is 85.2 Å². The average molecular weight is 198 g/mol. The summed E-state index contributed by atoms with van der Waals surface area (Å²) < 4.78 is 5.04. The van der Waals surface area contributed by atoms with Crippen LogP contribution in [0.4, 0.5) is 4.79 Å². The van der Waals surface area contributed by atoms with Crippen molar-refractivity contribution in [3.63, 3.8) is 0 Å². The number of rotatable bonds is 3. The molecule has 0 aromatic heterocycles. The molecule has 0 aromatic carbocycles. The van der Waals surface area contributed by atoms with Crippen LogP contribution < -0.4 is 11.1 Å². The van der Waals surface area contributed by atoms with E-state index >= 15 is 0 Å². The van der Waals surface area contributed by atoms with Crippen molar-refractivity contribution in [1.82, 2.24) is 5.32 Å². The van der Waals surface area contributed by atoms with Crippen LogP contribution in [0.1, 0.15) is 27.2 Å². The largest absolute Gasteiger partial charge is 0.444 e. The molecule has 1 atom stereocenters. The van der Waals surface area contributed by atoms with E-state index in [9.17, 15) is 4.79 Å². The molecule has 0 rings (SSSR count). The number of carbonyl (C=O) groups excluding carboxylic acids is 1. The van der Waals surface area contributed by atoms with Gasteiger partial charge in [-0.3, -0.25) is 0 Å². The fraction of sp³-hybridized carbons (Fsp3) is 0.700. The number of terminal acetylenes is 1. The van der Waals surface area contributed by atoms with Crippen molar-refractivity contribution in [3.05, 3.63) is 0 Å². The molecular weight excluding hydrogens is 180 g/mol. The lowest BCUT2D eigenvalue weighted by atomic mass is 10.2. The molecule has 0 radical (unpaired) electrons. The molecule has 1 amide bonds. The predicted octanol–water partition coefficient (Wildman–Crippen LogP) is 0.862. The summed E-state index contributed by atoms with van der Waals surface area (Å²) in [4.78, 5) is 11.2. The van der Waals surface area contributed by atoms with E-state index in [1.54, 1.807) is 20.8 Å². The number of hydrogen-bond acceptors (Lipinski definition) is 3. The zero-order chi connectivity index (χ0) is 11.2. The van der Waals surface area contributed by atoms with Gasteiger partial charge in [0, 0.05) is 13.0 Å². The van der Waals surface area contributed by atoms with Crippen LogP contribution in [0.5, 0.6) is 0 Å². The molecule has 14 heavy (non-hydrogen) atoms. The summed E-state index contributed by atoms with van der Waals surface area (Å²) in [5.41, 5.74) is 4.90. The topological polar surface area (TPSA) is 64.3 Å². The third kappa shape index (κ3) is 6.32. The molecule has 0 saturated heterocycles. The first-order valence-electron chi connectivity index (χ1n) is 4.52. The predicted molar refractivity (Wildman–Crippen MR) is 55.7 cm³/mol. The van der Waals surface area contributed by atoms with Gasteiger partial charge in [-0.1, -0.05) is 0 Å². The summed E-state index contributed by atoms with van der Waals surface area (Å²) in [6.45, 7) is 5.70. The number of carbonyl (C=O) groups is 1. The Morgan fingerprint density at radius 3 is 2.57 bits per heavy atom. The summed E-state index contributed by atoms with van der Waals surface area (Å²) in [5, 5.41) is 2.60. The third-order valence-electron chi connectivity index (χ3n) is 1.37. The van der Waals surface area contributed by atoms with Gasteiger partial charge in [0.1, 0.15) is 5.60 Å². The molecule has 0 aromatic rings.